The molecule has 0 aliphatic rings. The molecule has 1 rings (SSSR count). The summed E-state index contributed by atoms with van der Waals surface area (Å²) in [6.45, 7) is 8.87. The third-order valence-corrected chi connectivity index (χ3v) is 4.75. The molecular formula is C11H19BrN2S. The summed E-state index contributed by atoms with van der Waals surface area (Å²) < 4.78 is 4.35. The van der Waals surface area contributed by atoms with Crippen molar-refractivity contribution in [3.8, 4) is 0 Å². The average Bonchev–Trinajstić information content (AvgIpc) is 2.51. The van der Waals surface area contributed by atoms with Gasteiger partial charge in [0.2, 0.25) is 0 Å². The maximum absolute atomic E-state index is 4.53. The molecule has 86 valence electrons. The first kappa shape index (κ1) is 13.1. The molecule has 4 heteroatoms. The molecule has 0 saturated heterocycles. The Balaban J connectivity index is 2.57. The number of nitrogens with zero attached hydrogens (tertiary/aromatic N) is 2. The first-order valence-electron chi connectivity index (χ1n) is 5.39. The van der Waals surface area contributed by atoms with E-state index in [1.54, 1.807) is 11.5 Å². The number of hydrogen-bond donors (Lipinski definition) is 0. The van der Waals surface area contributed by atoms with E-state index in [4.69, 9.17) is 0 Å². The predicted octanol–water partition coefficient (Wildman–Crippen LogP) is 3.84. The summed E-state index contributed by atoms with van der Waals surface area (Å²) in [6, 6.07) is 0. The first-order valence-corrected chi connectivity index (χ1v) is 7.08. The van der Waals surface area contributed by atoms with Crippen molar-refractivity contribution in [2.45, 2.75) is 51.8 Å². The van der Waals surface area contributed by atoms with Crippen molar-refractivity contribution >= 4 is 27.5 Å². The van der Waals surface area contributed by atoms with E-state index in [9.17, 15) is 0 Å². The molecule has 0 aliphatic heterocycles. The zero-order valence-electron chi connectivity index (χ0n) is 9.88. The highest BCUT2D eigenvalue weighted by atomic mass is 79.9. The van der Waals surface area contributed by atoms with Crippen molar-refractivity contribution in [2.24, 2.45) is 5.41 Å². The summed E-state index contributed by atoms with van der Waals surface area (Å²) in [6.07, 6.45) is 3.09. The second-order valence-electron chi connectivity index (χ2n) is 4.89. The molecule has 0 aromatic carbocycles. The van der Waals surface area contributed by atoms with Gasteiger partial charge in [0.25, 0.3) is 0 Å². The van der Waals surface area contributed by atoms with Crippen LogP contribution in [-0.4, -0.2) is 14.2 Å². The fraction of sp³-hybridized carbons (Fsp3) is 0.818. The summed E-state index contributed by atoms with van der Waals surface area (Å²) in [5, 5.41) is 1.15. The van der Waals surface area contributed by atoms with Gasteiger partial charge in [0, 0.05) is 17.7 Å². The highest BCUT2D eigenvalue weighted by Crippen LogP contribution is 2.29. The monoisotopic (exact) mass is 290 g/mol. The number of aryl methyl sites for hydroxylation is 1. The molecule has 2 nitrogen and oxygen atoms in total. The molecule has 0 N–H and O–H groups in total. The van der Waals surface area contributed by atoms with Crippen LogP contribution >= 0.6 is 27.5 Å². The van der Waals surface area contributed by atoms with Crippen LogP contribution in [0.15, 0.2) is 0 Å². The van der Waals surface area contributed by atoms with Gasteiger partial charge in [-0.3, -0.25) is 0 Å². The van der Waals surface area contributed by atoms with E-state index in [0.717, 1.165) is 30.1 Å². The van der Waals surface area contributed by atoms with Gasteiger partial charge < -0.3 is 0 Å². The van der Waals surface area contributed by atoms with Gasteiger partial charge in [-0.05, 0) is 23.4 Å². The van der Waals surface area contributed by atoms with E-state index < -0.39 is 0 Å². The first-order chi connectivity index (χ1) is 6.93. The number of halogens is 1. The van der Waals surface area contributed by atoms with E-state index in [2.05, 4.69) is 53.0 Å². The van der Waals surface area contributed by atoms with Gasteiger partial charge in [0.1, 0.15) is 10.8 Å². The fourth-order valence-corrected chi connectivity index (χ4v) is 2.41. The van der Waals surface area contributed by atoms with Gasteiger partial charge in [0.15, 0.2) is 0 Å². The number of alkyl halides is 1. The molecule has 0 saturated carbocycles. The summed E-state index contributed by atoms with van der Waals surface area (Å²) in [4.78, 5) is 5.00. The molecule has 1 unspecified atom stereocenters. The van der Waals surface area contributed by atoms with Gasteiger partial charge >= 0.3 is 0 Å². The van der Waals surface area contributed by atoms with Gasteiger partial charge in [-0.2, -0.15) is 4.37 Å². The Morgan fingerprint density at radius 1 is 1.40 bits per heavy atom. The Kier molecular flexibility index (Phi) is 4.71. The Labute approximate surface area is 105 Å². The third-order valence-electron chi connectivity index (χ3n) is 2.28. The van der Waals surface area contributed by atoms with Crippen LogP contribution in [0.4, 0.5) is 0 Å². The second kappa shape index (κ2) is 5.39. The lowest BCUT2D eigenvalue weighted by atomic mass is 9.90. The van der Waals surface area contributed by atoms with Crippen molar-refractivity contribution in [2.75, 3.05) is 0 Å². The molecule has 0 radical (unpaired) electrons. The zero-order valence-corrected chi connectivity index (χ0v) is 12.3. The smallest absolute Gasteiger partial charge is 0.142 e. The lowest BCUT2D eigenvalue weighted by Gasteiger charge is -2.24. The number of aromatic nitrogens is 2. The molecule has 0 fully saturated rings. The predicted molar refractivity (Wildman–Crippen MR) is 69.8 cm³/mol. The Bertz CT molecular complexity index is 304. The Hall–Kier alpha value is 0.0400. The maximum Gasteiger partial charge on any atom is 0.142 e. The van der Waals surface area contributed by atoms with Gasteiger partial charge in [-0.15, -0.1) is 0 Å². The molecule has 0 amide bonds. The minimum atomic E-state index is 0.274. The number of rotatable bonds is 4. The molecule has 1 aromatic rings. The summed E-state index contributed by atoms with van der Waals surface area (Å²) in [5.41, 5.74) is 0.274. The van der Waals surface area contributed by atoms with Crippen LogP contribution in [0.25, 0.3) is 0 Å². The third kappa shape index (κ3) is 4.19. The molecule has 0 aliphatic carbocycles. The van der Waals surface area contributed by atoms with E-state index in [1.807, 2.05) is 0 Å². The van der Waals surface area contributed by atoms with Crippen molar-refractivity contribution in [3.05, 3.63) is 10.8 Å². The van der Waals surface area contributed by atoms with Crippen molar-refractivity contribution in [1.82, 2.24) is 9.36 Å². The molecule has 0 bridgehead atoms. The lowest BCUT2D eigenvalue weighted by Crippen LogP contribution is -2.22. The molecule has 1 atom stereocenters. The molecule has 1 heterocycles. The molecular weight excluding hydrogens is 272 g/mol. The lowest BCUT2D eigenvalue weighted by molar-refractivity contribution is 0.397. The molecule has 0 spiro atoms. The summed E-state index contributed by atoms with van der Waals surface area (Å²) >= 11 is 5.26. The van der Waals surface area contributed by atoms with Crippen LogP contribution in [0, 0.1) is 5.41 Å². The van der Waals surface area contributed by atoms with E-state index >= 15 is 0 Å². The van der Waals surface area contributed by atoms with Crippen LogP contribution in [-0.2, 0) is 12.8 Å². The fourth-order valence-electron chi connectivity index (χ4n) is 1.16. The quantitative estimate of drug-likeness (QED) is 0.788. The van der Waals surface area contributed by atoms with Crippen LogP contribution < -0.4 is 0 Å². The highest BCUT2D eigenvalue weighted by Gasteiger charge is 2.23. The SMILES string of the molecule is CCCc1nsc(CC(Br)C(C)(C)C)n1. The largest absolute Gasteiger partial charge is 0.225 e. The van der Waals surface area contributed by atoms with Crippen LogP contribution in [0.1, 0.15) is 44.9 Å². The van der Waals surface area contributed by atoms with Gasteiger partial charge in [0.05, 0.1) is 0 Å². The maximum atomic E-state index is 4.53. The van der Waals surface area contributed by atoms with Gasteiger partial charge in [-0.25, -0.2) is 4.98 Å². The van der Waals surface area contributed by atoms with E-state index in [-0.39, 0.29) is 5.41 Å². The van der Waals surface area contributed by atoms with Crippen LogP contribution in [0.2, 0.25) is 0 Å². The zero-order chi connectivity index (χ0) is 11.5. The minimum Gasteiger partial charge on any atom is -0.225 e. The topological polar surface area (TPSA) is 25.8 Å². The highest BCUT2D eigenvalue weighted by molar-refractivity contribution is 9.09. The molecule has 15 heavy (non-hydrogen) atoms. The van der Waals surface area contributed by atoms with Crippen molar-refractivity contribution < 1.29 is 0 Å². The van der Waals surface area contributed by atoms with Crippen molar-refractivity contribution in [3.63, 3.8) is 0 Å². The Morgan fingerprint density at radius 2 is 2.07 bits per heavy atom. The second-order valence-corrected chi connectivity index (χ2v) is 6.83. The summed E-state index contributed by atoms with van der Waals surface area (Å²) in [7, 11) is 0. The van der Waals surface area contributed by atoms with E-state index in [0.29, 0.717) is 4.83 Å². The van der Waals surface area contributed by atoms with Gasteiger partial charge in [-0.1, -0.05) is 43.6 Å². The molecule has 1 aromatic heterocycles. The standard InChI is InChI=1S/C11H19BrN2S/c1-5-6-9-13-10(15-14-9)7-8(12)11(2,3)4/h8H,5-7H2,1-4H3. The van der Waals surface area contributed by atoms with Crippen LogP contribution in [0.3, 0.4) is 0 Å². The normalized spacial score (nSPS) is 14.2. The van der Waals surface area contributed by atoms with Crippen molar-refractivity contribution in [1.29, 1.82) is 0 Å². The average molecular weight is 291 g/mol. The Morgan fingerprint density at radius 3 is 2.60 bits per heavy atom. The van der Waals surface area contributed by atoms with Crippen LogP contribution in [0.5, 0.6) is 0 Å². The van der Waals surface area contributed by atoms with E-state index in [1.165, 1.54) is 0 Å². The minimum absolute atomic E-state index is 0.274. The summed E-state index contributed by atoms with van der Waals surface area (Å²) in [5.74, 6) is 1.01. The number of hydrogen-bond acceptors (Lipinski definition) is 3.